The van der Waals surface area contributed by atoms with Gasteiger partial charge in [0.25, 0.3) is 5.69 Å². The zero-order valence-corrected chi connectivity index (χ0v) is 14.6. The van der Waals surface area contributed by atoms with Crippen molar-refractivity contribution in [1.82, 2.24) is 9.21 Å². The van der Waals surface area contributed by atoms with E-state index in [1.165, 1.54) is 23.4 Å². The molecule has 10 heteroatoms. The molecular formula is C15H19N3O6S. The number of hydrogen-bond donors (Lipinski definition) is 0. The molecule has 0 aliphatic carbocycles. The number of sulfonamides is 1. The monoisotopic (exact) mass is 369 g/mol. The predicted molar refractivity (Wildman–Crippen MR) is 88.4 cm³/mol. The minimum absolute atomic E-state index is 0.0190. The molecule has 1 fully saturated rings. The second-order valence-corrected chi connectivity index (χ2v) is 7.68. The fourth-order valence-electron chi connectivity index (χ4n) is 2.51. The molecule has 0 spiro atoms. The van der Waals surface area contributed by atoms with Crippen LogP contribution in [0.25, 0.3) is 0 Å². The molecule has 0 unspecified atom stereocenters. The van der Waals surface area contributed by atoms with Gasteiger partial charge in [0.05, 0.1) is 9.82 Å². The molecule has 1 saturated heterocycles. The SMILES string of the molecule is CC(=O)CCC(=O)N1CCN(S(=O)(=O)c2ccc([N+](=O)[O-])cc2)CC1. The van der Waals surface area contributed by atoms with E-state index >= 15 is 0 Å². The summed E-state index contributed by atoms with van der Waals surface area (Å²) in [5, 5.41) is 10.6. The lowest BCUT2D eigenvalue weighted by molar-refractivity contribution is -0.384. The summed E-state index contributed by atoms with van der Waals surface area (Å²) in [6.45, 7) is 2.21. The van der Waals surface area contributed by atoms with Gasteiger partial charge in [-0.2, -0.15) is 4.31 Å². The van der Waals surface area contributed by atoms with E-state index in [1.54, 1.807) is 4.90 Å². The van der Waals surface area contributed by atoms with Crippen LogP contribution in [0.2, 0.25) is 0 Å². The van der Waals surface area contributed by atoms with Gasteiger partial charge in [0, 0.05) is 51.2 Å². The average molecular weight is 369 g/mol. The fourth-order valence-corrected chi connectivity index (χ4v) is 3.93. The largest absolute Gasteiger partial charge is 0.340 e. The highest BCUT2D eigenvalue weighted by Gasteiger charge is 2.30. The van der Waals surface area contributed by atoms with Gasteiger partial charge in [-0.25, -0.2) is 8.42 Å². The Kier molecular flexibility index (Phi) is 5.85. The Hall–Kier alpha value is -2.33. The highest BCUT2D eigenvalue weighted by atomic mass is 32.2. The molecule has 9 nitrogen and oxygen atoms in total. The van der Waals surface area contributed by atoms with Crippen molar-refractivity contribution in [2.75, 3.05) is 26.2 Å². The Morgan fingerprint density at radius 3 is 2.12 bits per heavy atom. The summed E-state index contributed by atoms with van der Waals surface area (Å²) in [7, 11) is -3.76. The van der Waals surface area contributed by atoms with Crippen LogP contribution in [-0.2, 0) is 19.6 Å². The van der Waals surface area contributed by atoms with E-state index in [-0.39, 0.29) is 61.3 Å². The first-order chi connectivity index (χ1) is 11.7. The first-order valence-corrected chi connectivity index (χ1v) is 9.17. The van der Waals surface area contributed by atoms with Gasteiger partial charge in [0.1, 0.15) is 5.78 Å². The third-order valence-corrected chi connectivity index (χ3v) is 5.88. The summed E-state index contributed by atoms with van der Waals surface area (Å²) in [6.07, 6.45) is 0.310. The van der Waals surface area contributed by atoms with Crippen LogP contribution in [0.5, 0.6) is 0 Å². The number of rotatable bonds is 6. The number of nitrogens with zero attached hydrogens (tertiary/aromatic N) is 3. The number of carbonyl (C=O) groups is 2. The highest BCUT2D eigenvalue weighted by molar-refractivity contribution is 7.89. The maximum Gasteiger partial charge on any atom is 0.269 e. The average Bonchev–Trinajstić information content (AvgIpc) is 2.59. The Labute approximate surface area is 145 Å². The summed E-state index contributed by atoms with van der Waals surface area (Å²) in [4.78, 5) is 34.5. The van der Waals surface area contributed by atoms with Crippen molar-refractivity contribution < 1.29 is 22.9 Å². The van der Waals surface area contributed by atoms with Crippen LogP contribution < -0.4 is 0 Å². The van der Waals surface area contributed by atoms with Crippen LogP contribution in [0.15, 0.2) is 29.2 Å². The smallest absolute Gasteiger partial charge is 0.269 e. The molecule has 1 aromatic carbocycles. The van der Waals surface area contributed by atoms with Crippen LogP contribution in [-0.4, -0.2) is 60.4 Å². The van der Waals surface area contributed by atoms with Crippen molar-refractivity contribution in [1.29, 1.82) is 0 Å². The Balaban J connectivity index is 2.00. The lowest BCUT2D eigenvalue weighted by atomic mass is 10.2. The van der Waals surface area contributed by atoms with Gasteiger partial charge in [-0.15, -0.1) is 0 Å². The Bertz CT molecular complexity index is 767. The number of nitro benzene ring substituents is 1. The predicted octanol–water partition coefficient (Wildman–Crippen LogP) is 0.797. The number of hydrogen-bond acceptors (Lipinski definition) is 6. The van der Waals surface area contributed by atoms with E-state index in [9.17, 15) is 28.1 Å². The molecule has 2 rings (SSSR count). The number of piperazine rings is 1. The normalized spacial score (nSPS) is 15.8. The molecule has 136 valence electrons. The molecular weight excluding hydrogens is 350 g/mol. The van der Waals surface area contributed by atoms with Crippen molar-refractivity contribution in [3.8, 4) is 0 Å². The van der Waals surface area contributed by atoms with Gasteiger partial charge < -0.3 is 9.69 Å². The zero-order valence-electron chi connectivity index (χ0n) is 13.8. The van der Waals surface area contributed by atoms with Crippen molar-refractivity contribution in [3.05, 3.63) is 34.4 Å². The fraction of sp³-hybridized carbons (Fsp3) is 0.467. The minimum atomic E-state index is -3.76. The lowest BCUT2D eigenvalue weighted by Crippen LogP contribution is -2.50. The summed E-state index contributed by atoms with van der Waals surface area (Å²) in [5.41, 5.74) is -0.181. The quantitative estimate of drug-likeness (QED) is 0.540. The molecule has 0 N–H and O–H groups in total. The number of carbonyl (C=O) groups excluding carboxylic acids is 2. The first-order valence-electron chi connectivity index (χ1n) is 7.73. The molecule has 1 amide bonds. The van der Waals surface area contributed by atoms with Crippen LogP contribution in [0.1, 0.15) is 19.8 Å². The zero-order chi connectivity index (χ0) is 18.6. The van der Waals surface area contributed by atoms with Crippen molar-refractivity contribution in [2.24, 2.45) is 0 Å². The summed E-state index contributed by atoms with van der Waals surface area (Å²) in [5.74, 6) is -0.227. The van der Waals surface area contributed by atoms with Crippen LogP contribution in [0.4, 0.5) is 5.69 Å². The molecule has 1 heterocycles. The Morgan fingerprint density at radius 1 is 1.08 bits per heavy atom. The molecule has 1 aromatic rings. The number of amides is 1. The number of ketones is 1. The van der Waals surface area contributed by atoms with E-state index in [0.717, 1.165) is 12.1 Å². The molecule has 0 radical (unpaired) electrons. The van der Waals surface area contributed by atoms with Crippen LogP contribution in [0, 0.1) is 10.1 Å². The molecule has 1 aliphatic heterocycles. The van der Waals surface area contributed by atoms with Crippen molar-refractivity contribution in [3.63, 3.8) is 0 Å². The third kappa shape index (κ3) is 4.60. The topological polar surface area (TPSA) is 118 Å². The van der Waals surface area contributed by atoms with Gasteiger partial charge in [0.2, 0.25) is 15.9 Å². The summed E-state index contributed by atoms with van der Waals surface area (Å²) in [6, 6.07) is 4.71. The lowest BCUT2D eigenvalue weighted by Gasteiger charge is -2.34. The molecule has 0 atom stereocenters. The second-order valence-electron chi connectivity index (χ2n) is 5.74. The molecule has 0 bridgehead atoms. The summed E-state index contributed by atoms with van der Waals surface area (Å²) < 4.78 is 26.4. The van der Waals surface area contributed by atoms with E-state index in [1.807, 2.05) is 0 Å². The molecule has 1 aliphatic rings. The minimum Gasteiger partial charge on any atom is -0.340 e. The van der Waals surface area contributed by atoms with Gasteiger partial charge in [-0.05, 0) is 19.1 Å². The van der Waals surface area contributed by atoms with E-state index in [2.05, 4.69) is 0 Å². The Morgan fingerprint density at radius 2 is 1.64 bits per heavy atom. The maximum atomic E-state index is 12.6. The van der Waals surface area contributed by atoms with E-state index in [0.29, 0.717) is 0 Å². The standard InChI is InChI=1S/C15H19N3O6S/c1-12(19)2-7-15(20)16-8-10-17(11-9-16)25(23,24)14-5-3-13(4-6-14)18(21)22/h3-6H,2,7-11H2,1H3. The van der Waals surface area contributed by atoms with Gasteiger partial charge in [0.15, 0.2) is 0 Å². The third-order valence-electron chi connectivity index (χ3n) is 3.97. The first kappa shape index (κ1) is 19.0. The second kappa shape index (κ2) is 7.70. The number of Topliss-reactive ketones (excluding diaryl/α,β-unsaturated/α-hetero) is 1. The number of nitro groups is 1. The number of non-ortho nitro benzene ring substituents is 1. The van der Waals surface area contributed by atoms with E-state index < -0.39 is 14.9 Å². The van der Waals surface area contributed by atoms with Gasteiger partial charge in [-0.1, -0.05) is 0 Å². The van der Waals surface area contributed by atoms with Crippen LogP contribution >= 0.6 is 0 Å². The molecule has 0 saturated carbocycles. The summed E-state index contributed by atoms with van der Waals surface area (Å²) >= 11 is 0. The van der Waals surface area contributed by atoms with Crippen molar-refractivity contribution in [2.45, 2.75) is 24.7 Å². The highest BCUT2D eigenvalue weighted by Crippen LogP contribution is 2.21. The van der Waals surface area contributed by atoms with Crippen molar-refractivity contribution >= 4 is 27.4 Å². The van der Waals surface area contributed by atoms with E-state index in [4.69, 9.17) is 0 Å². The maximum absolute atomic E-state index is 12.6. The van der Waals surface area contributed by atoms with Crippen LogP contribution in [0.3, 0.4) is 0 Å². The molecule has 25 heavy (non-hydrogen) atoms. The number of benzene rings is 1. The van der Waals surface area contributed by atoms with Gasteiger partial charge in [-0.3, -0.25) is 14.9 Å². The van der Waals surface area contributed by atoms with Gasteiger partial charge >= 0.3 is 0 Å². The molecule has 0 aromatic heterocycles.